The zero-order valence-electron chi connectivity index (χ0n) is 15.1. The normalized spacial score (nSPS) is 12.0. The van der Waals surface area contributed by atoms with E-state index >= 15 is 0 Å². The first-order valence-corrected chi connectivity index (χ1v) is 8.71. The Morgan fingerprint density at radius 2 is 1.46 bits per heavy atom. The quantitative estimate of drug-likeness (QED) is 0.574. The number of Topliss-reactive ketones (excluding diaryl/α,β-unsaturated/α-hetero) is 1. The molecule has 3 aromatic carbocycles. The molecule has 1 unspecified atom stereocenters. The lowest BCUT2D eigenvalue weighted by Gasteiger charge is -2.23. The Kier molecular flexibility index (Phi) is 5.82. The van der Waals surface area contributed by atoms with Crippen molar-refractivity contribution in [2.45, 2.75) is 12.5 Å². The smallest absolute Gasteiger partial charge is 0.180 e. The van der Waals surface area contributed by atoms with E-state index in [0.717, 1.165) is 11.3 Å². The molecular weight excluding hydrogens is 322 g/mol. The molecule has 0 fully saturated rings. The Morgan fingerprint density at radius 1 is 0.846 bits per heavy atom. The summed E-state index contributed by atoms with van der Waals surface area (Å²) >= 11 is 0. The van der Waals surface area contributed by atoms with Crippen molar-refractivity contribution in [3.8, 4) is 11.5 Å². The average Bonchev–Trinajstić information content (AvgIpc) is 2.67. The second-order valence-electron chi connectivity index (χ2n) is 6.48. The Balaban J connectivity index is 1.79. The van der Waals surface area contributed by atoms with Crippen molar-refractivity contribution >= 4 is 5.78 Å². The van der Waals surface area contributed by atoms with Gasteiger partial charge in [0.1, 0.15) is 11.5 Å². The zero-order valence-corrected chi connectivity index (χ0v) is 15.1. The predicted octanol–water partition coefficient (Wildman–Crippen LogP) is 4.83. The summed E-state index contributed by atoms with van der Waals surface area (Å²) in [6.07, 6.45) is 0.677. The fraction of sp³-hybridized carbons (Fsp3) is 0.174. The van der Waals surface area contributed by atoms with Gasteiger partial charge in [0, 0.05) is 5.56 Å². The number of ether oxygens (including phenoxy) is 1. The summed E-state index contributed by atoms with van der Waals surface area (Å²) in [6, 6.07) is 26.9. The molecule has 0 heterocycles. The van der Waals surface area contributed by atoms with E-state index in [0.29, 0.717) is 17.7 Å². The summed E-state index contributed by atoms with van der Waals surface area (Å²) in [6.45, 7) is 0. The third-order valence-electron chi connectivity index (χ3n) is 4.30. The van der Waals surface area contributed by atoms with Gasteiger partial charge in [-0.2, -0.15) is 0 Å². The van der Waals surface area contributed by atoms with Crippen molar-refractivity contribution in [3.05, 3.63) is 96.1 Å². The van der Waals surface area contributed by atoms with Crippen molar-refractivity contribution in [1.82, 2.24) is 4.90 Å². The van der Waals surface area contributed by atoms with Gasteiger partial charge < -0.3 is 4.74 Å². The summed E-state index contributed by atoms with van der Waals surface area (Å²) in [4.78, 5) is 15.1. The molecule has 0 radical (unpaired) electrons. The van der Waals surface area contributed by atoms with Crippen LogP contribution in [0.4, 0.5) is 0 Å². The maximum atomic E-state index is 13.1. The molecule has 132 valence electrons. The first-order chi connectivity index (χ1) is 12.6. The lowest BCUT2D eigenvalue weighted by Crippen LogP contribution is -2.37. The van der Waals surface area contributed by atoms with Gasteiger partial charge in [0.05, 0.1) is 6.04 Å². The van der Waals surface area contributed by atoms with E-state index in [1.165, 1.54) is 0 Å². The van der Waals surface area contributed by atoms with Crippen LogP contribution >= 0.6 is 0 Å². The fourth-order valence-electron chi connectivity index (χ4n) is 2.88. The minimum atomic E-state index is -0.218. The van der Waals surface area contributed by atoms with Gasteiger partial charge in [0.25, 0.3) is 0 Å². The Bertz CT molecular complexity index is 844. The number of nitrogens with zero attached hydrogens (tertiary/aromatic N) is 1. The standard InChI is InChI=1S/C23H23NO2/c1-24(2)22(16-18-10-5-3-6-11-18)23(25)19-12-9-15-21(17-19)26-20-13-7-4-8-14-20/h3-15,17,22H,16H2,1-2H3. The summed E-state index contributed by atoms with van der Waals surface area (Å²) < 4.78 is 5.86. The number of para-hydroxylation sites is 1. The third-order valence-corrected chi connectivity index (χ3v) is 4.30. The van der Waals surface area contributed by atoms with Crippen molar-refractivity contribution in [3.63, 3.8) is 0 Å². The van der Waals surface area contributed by atoms with Gasteiger partial charge in [-0.15, -0.1) is 0 Å². The molecule has 3 aromatic rings. The van der Waals surface area contributed by atoms with Gasteiger partial charge in [-0.3, -0.25) is 9.69 Å². The largest absolute Gasteiger partial charge is 0.457 e. The average molecular weight is 345 g/mol. The van der Waals surface area contributed by atoms with Gasteiger partial charge in [-0.05, 0) is 50.3 Å². The number of carbonyl (C=O) groups is 1. The number of ketones is 1. The SMILES string of the molecule is CN(C)C(Cc1ccccc1)C(=O)c1cccc(Oc2ccccc2)c1. The van der Waals surface area contributed by atoms with E-state index in [4.69, 9.17) is 4.74 Å². The number of likely N-dealkylation sites (N-methyl/N-ethyl adjacent to an activating group) is 1. The van der Waals surface area contributed by atoms with E-state index in [-0.39, 0.29) is 11.8 Å². The highest BCUT2D eigenvalue weighted by molar-refractivity contribution is 6.00. The van der Waals surface area contributed by atoms with E-state index < -0.39 is 0 Å². The molecule has 1 atom stereocenters. The van der Waals surface area contributed by atoms with Crippen molar-refractivity contribution in [2.24, 2.45) is 0 Å². The molecule has 0 amide bonds. The van der Waals surface area contributed by atoms with Crippen LogP contribution in [0.3, 0.4) is 0 Å². The first-order valence-electron chi connectivity index (χ1n) is 8.71. The molecule has 0 N–H and O–H groups in total. The van der Waals surface area contributed by atoms with Gasteiger partial charge in [0.2, 0.25) is 0 Å². The molecule has 0 bridgehead atoms. The molecule has 0 spiro atoms. The van der Waals surface area contributed by atoms with E-state index in [1.54, 1.807) is 0 Å². The molecule has 0 aliphatic carbocycles. The third kappa shape index (κ3) is 4.58. The van der Waals surface area contributed by atoms with Crippen LogP contribution in [0.15, 0.2) is 84.9 Å². The monoisotopic (exact) mass is 345 g/mol. The molecule has 0 aromatic heterocycles. The topological polar surface area (TPSA) is 29.5 Å². The van der Waals surface area contributed by atoms with Gasteiger partial charge in [0.15, 0.2) is 5.78 Å². The minimum absolute atomic E-state index is 0.0948. The van der Waals surface area contributed by atoms with Crippen LogP contribution in [0.2, 0.25) is 0 Å². The molecular formula is C23H23NO2. The van der Waals surface area contributed by atoms with Crippen LogP contribution in [-0.4, -0.2) is 30.8 Å². The summed E-state index contributed by atoms with van der Waals surface area (Å²) in [5.41, 5.74) is 1.81. The van der Waals surface area contributed by atoms with Crippen molar-refractivity contribution in [1.29, 1.82) is 0 Å². The molecule has 3 heteroatoms. The van der Waals surface area contributed by atoms with Gasteiger partial charge >= 0.3 is 0 Å². The molecule has 0 aliphatic rings. The molecule has 0 saturated carbocycles. The van der Waals surface area contributed by atoms with Crippen molar-refractivity contribution in [2.75, 3.05) is 14.1 Å². The maximum absolute atomic E-state index is 13.1. The lowest BCUT2D eigenvalue weighted by molar-refractivity contribution is 0.0874. The van der Waals surface area contributed by atoms with E-state index in [1.807, 2.05) is 91.8 Å². The molecule has 3 nitrogen and oxygen atoms in total. The van der Waals surface area contributed by atoms with E-state index in [9.17, 15) is 4.79 Å². The highest BCUT2D eigenvalue weighted by atomic mass is 16.5. The lowest BCUT2D eigenvalue weighted by atomic mass is 9.96. The van der Waals surface area contributed by atoms with Gasteiger partial charge in [-0.1, -0.05) is 60.7 Å². The fourth-order valence-corrected chi connectivity index (χ4v) is 2.88. The second kappa shape index (κ2) is 8.45. The van der Waals surface area contributed by atoms with Crippen LogP contribution in [0, 0.1) is 0 Å². The molecule has 3 rings (SSSR count). The molecule has 0 saturated heterocycles. The molecule has 0 aliphatic heterocycles. The summed E-state index contributed by atoms with van der Waals surface area (Å²) in [5.74, 6) is 1.52. The highest BCUT2D eigenvalue weighted by Crippen LogP contribution is 2.23. The van der Waals surface area contributed by atoms with Crippen LogP contribution in [-0.2, 0) is 6.42 Å². The van der Waals surface area contributed by atoms with E-state index in [2.05, 4.69) is 12.1 Å². The number of benzene rings is 3. The number of hydrogen-bond acceptors (Lipinski definition) is 3. The van der Waals surface area contributed by atoms with Crippen LogP contribution < -0.4 is 4.74 Å². The summed E-state index contributed by atoms with van der Waals surface area (Å²) in [7, 11) is 3.88. The first kappa shape index (κ1) is 17.9. The zero-order chi connectivity index (χ0) is 18.4. The minimum Gasteiger partial charge on any atom is -0.457 e. The Labute approximate surface area is 154 Å². The van der Waals surface area contributed by atoms with Crippen molar-refractivity contribution < 1.29 is 9.53 Å². The molecule has 26 heavy (non-hydrogen) atoms. The number of rotatable bonds is 7. The van der Waals surface area contributed by atoms with Gasteiger partial charge in [-0.25, -0.2) is 0 Å². The predicted molar refractivity (Wildman–Crippen MR) is 105 cm³/mol. The number of hydrogen-bond donors (Lipinski definition) is 0. The van der Waals surface area contributed by atoms with Crippen LogP contribution in [0.25, 0.3) is 0 Å². The highest BCUT2D eigenvalue weighted by Gasteiger charge is 2.23. The number of carbonyl (C=O) groups excluding carboxylic acids is 1. The van der Waals surface area contributed by atoms with Crippen LogP contribution in [0.1, 0.15) is 15.9 Å². The summed E-state index contributed by atoms with van der Waals surface area (Å²) in [5, 5.41) is 0. The van der Waals surface area contributed by atoms with Crippen LogP contribution in [0.5, 0.6) is 11.5 Å². The maximum Gasteiger partial charge on any atom is 0.180 e. The Morgan fingerprint density at radius 3 is 2.12 bits per heavy atom. The second-order valence-corrected chi connectivity index (χ2v) is 6.48. The Hall–Kier alpha value is -2.91.